The molecule has 1 aliphatic rings. The minimum Gasteiger partial charge on any atom is -0.435 e. The van der Waals surface area contributed by atoms with E-state index in [0.717, 1.165) is 5.69 Å². The predicted octanol–water partition coefficient (Wildman–Crippen LogP) is 4.07. The summed E-state index contributed by atoms with van der Waals surface area (Å²) in [6.45, 7) is 6.23. The van der Waals surface area contributed by atoms with Crippen molar-refractivity contribution in [2.24, 2.45) is 0 Å². The van der Waals surface area contributed by atoms with Crippen molar-refractivity contribution in [1.82, 2.24) is 29.5 Å². The number of fused-ring (bicyclic) bond motifs is 2. The molecule has 0 unspecified atom stereocenters. The van der Waals surface area contributed by atoms with Crippen molar-refractivity contribution in [3.63, 3.8) is 0 Å². The average molecular weight is 440 g/mol. The zero-order valence-electron chi connectivity index (χ0n) is 17.8. The lowest BCUT2D eigenvalue weighted by molar-refractivity contribution is 0.0650. The summed E-state index contributed by atoms with van der Waals surface area (Å²) >= 11 is 0. The van der Waals surface area contributed by atoms with E-state index in [1.54, 1.807) is 23.5 Å². The van der Waals surface area contributed by atoms with Crippen molar-refractivity contribution >= 4 is 11.4 Å². The van der Waals surface area contributed by atoms with Gasteiger partial charge in [0, 0.05) is 35.8 Å². The third-order valence-electron chi connectivity index (χ3n) is 5.61. The number of alkyl halides is 2. The van der Waals surface area contributed by atoms with E-state index in [4.69, 9.17) is 4.42 Å². The Morgan fingerprint density at radius 3 is 2.84 bits per heavy atom. The summed E-state index contributed by atoms with van der Waals surface area (Å²) in [6, 6.07) is 3.85. The molecule has 0 aliphatic carbocycles. The maximum absolute atomic E-state index is 13.5. The number of halogens is 2. The minimum absolute atomic E-state index is 0.118. The van der Waals surface area contributed by atoms with Crippen molar-refractivity contribution in [2.45, 2.75) is 45.1 Å². The van der Waals surface area contributed by atoms with E-state index in [2.05, 4.69) is 20.1 Å². The van der Waals surface area contributed by atoms with Crippen molar-refractivity contribution in [1.29, 1.82) is 0 Å². The number of rotatable bonds is 3. The number of nitrogens with one attached hydrogen (secondary N) is 1. The molecule has 5 heterocycles. The van der Waals surface area contributed by atoms with Crippen molar-refractivity contribution in [3.8, 4) is 0 Å². The Morgan fingerprint density at radius 2 is 2.12 bits per heavy atom. The molecular weight excluding hydrogens is 418 g/mol. The highest BCUT2D eigenvalue weighted by molar-refractivity contribution is 5.92. The van der Waals surface area contributed by atoms with Gasteiger partial charge >= 0.3 is 0 Å². The zero-order valence-corrected chi connectivity index (χ0v) is 17.8. The third kappa shape index (κ3) is 3.26. The molecule has 1 amide bonds. The van der Waals surface area contributed by atoms with Crippen LogP contribution in [0, 0.1) is 0 Å². The van der Waals surface area contributed by atoms with E-state index in [0.29, 0.717) is 35.8 Å². The van der Waals surface area contributed by atoms with Crippen LogP contribution in [0.2, 0.25) is 0 Å². The molecule has 0 bridgehead atoms. The number of amides is 1. The molecule has 10 heteroatoms. The van der Waals surface area contributed by atoms with Crippen LogP contribution in [-0.2, 0) is 11.8 Å². The van der Waals surface area contributed by atoms with Gasteiger partial charge in [0.15, 0.2) is 0 Å². The van der Waals surface area contributed by atoms with Gasteiger partial charge < -0.3 is 14.3 Å². The van der Waals surface area contributed by atoms with E-state index in [9.17, 15) is 13.6 Å². The first-order valence-corrected chi connectivity index (χ1v) is 10.3. The SMILES string of the molecule is CC(C)(C)c1ncc(C(=O)N2CCc3[nH]cnc3[C@@H]2c2cc3c(C(F)F)cccn3n2)o1. The van der Waals surface area contributed by atoms with Crippen LogP contribution in [-0.4, -0.2) is 41.9 Å². The van der Waals surface area contributed by atoms with Crippen LogP contribution in [0.4, 0.5) is 8.78 Å². The Balaban J connectivity index is 1.60. The number of imidazole rings is 1. The second kappa shape index (κ2) is 7.25. The standard InChI is InChI=1S/C22H22F2N6O2/c1-22(2,3)21-25-10-16(32-21)20(31)29-8-6-13-17(27-11-26-13)18(29)14-9-15-12(19(23)24)5-4-7-30(15)28-14/h4-5,7,9-11,18-19H,6,8H2,1-3H3,(H,26,27)/t18-/m0/s1. The summed E-state index contributed by atoms with van der Waals surface area (Å²) in [6.07, 6.45) is 2.54. The molecule has 1 N–H and O–H groups in total. The van der Waals surface area contributed by atoms with Gasteiger partial charge in [-0.2, -0.15) is 5.10 Å². The van der Waals surface area contributed by atoms with Gasteiger partial charge in [-0.1, -0.05) is 20.8 Å². The molecule has 32 heavy (non-hydrogen) atoms. The summed E-state index contributed by atoms with van der Waals surface area (Å²) in [5, 5.41) is 4.52. The first-order chi connectivity index (χ1) is 15.2. The van der Waals surface area contributed by atoms with Crippen LogP contribution in [0.25, 0.3) is 5.52 Å². The molecule has 0 fully saturated rings. The Bertz CT molecular complexity index is 1300. The number of carbonyl (C=O) groups excluding carboxylic acids is 1. The highest BCUT2D eigenvalue weighted by atomic mass is 19.3. The Labute approximate surface area is 182 Å². The number of carbonyl (C=O) groups is 1. The monoisotopic (exact) mass is 440 g/mol. The van der Waals surface area contributed by atoms with Crippen molar-refractivity contribution in [2.75, 3.05) is 6.54 Å². The first kappa shape index (κ1) is 20.3. The molecule has 0 spiro atoms. The smallest absolute Gasteiger partial charge is 0.292 e. The highest BCUT2D eigenvalue weighted by Gasteiger charge is 2.38. The van der Waals surface area contributed by atoms with Gasteiger partial charge in [0.2, 0.25) is 11.7 Å². The fourth-order valence-corrected chi connectivity index (χ4v) is 4.03. The molecule has 5 rings (SSSR count). The van der Waals surface area contributed by atoms with Crippen molar-refractivity contribution < 1.29 is 18.0 Å². The van der Waals surface area contributed by atoms with Gasteiger partial charge in [0.25, 0.3) is 12.3 Å². The lowest BCUT2D eigenvalue weighted by Crippen LogP contribution is -2.40. The van der Waals surface area contributed by atoms with Gasteiger partial charge in [-0.05, 0) is 18.2 Å². The van der Waals surface area contributed by atoms with Gasteiger partial charge in [-0.3, -0.25) is 4.79 Å². The average Bonchev–Trinajstić information content (AvgIpc) is 3.50. The van der Waals surface area contributed by atoms with E-state index < -0.39 is 12.5 Å². The van der Waals surface area contributed by atoms with Crippen LogP contribution in [0.3, 0.4) is 0 Å². The number of hydrogen-bond acceptors (Lipinski definition) is 5. The first-order valence-electron chi connectivity index (χ1n) is 10.3. The van der Waals surface area contributed by atoms with Gasteiger partial charge in [0.1, 0.15) is 6.04 Å². The topological polar surface area (TPSA) is 92.3 Å². The number of pyridine rings is 1. The quantitative estimate of drug-likeness (QED) is 0.519. The minimum atomic E-state index is -2.64. The predicted molar refractivity (Wildman–Crippen MR) is 111 cm³/mol. The van der Waals surface area contributed by atoms with Crippen LogP contribution in [0.15, 0.2) is 41.3 Å². The van der Waals surface area contributed by atoms with E-state index in [-0.39, 0.29) is 22.6 Å². The maximum Gasteiger partial charge on any atom is 0.292 e. The molecule has 1 aliphatic heterocycles. The number of aromatic nitrogens is 5. The Kier molecular flexibility index (Phi) is 4.61. The van der Waals surface area contributed by atoms with Gasteiger partial charge in [-0.15, -0.1) is 0 Å². The Hall–Kier alpha value is -3.56. The second-order valence-corrected chi connectivity index (χ2v) is 8.86. The lowest BCUT2D eigenvalue weighted by Gasteiger charge is -2.33. The van der Waals surface area contributed by atoms with Crippen LogP contribution < -0.4 is 0 Å². The normalized spacial score (nSPS) is 16.7. The molecule has 0 saturated carbocycles. The van der Waals surface area contributed by atoms with Crippen LogP contribution in [0.5, 0.6) is 0 Å². The molecule has 4 aromatic rings. The number of oxazole rings is 1. The fourth-order valence-electron chi connectivity index (χ4n) is 4.03. The van der Waals surface area contributed by atoms with Crippen LogP contribution in [0.1, 0.15) is 72.3 Å². The second-order valence-electron chi connectivity index (χ2n) is 8.86. The number of H-pyrrole nitrogens is 1. The summed E-state index contributed by atoms with van der Waals surface area (Å²) in [5.41, 5.74) is 1.81. The number of aromatic amines is 1. The van der Waals surface area contributed by atoms with Crippen LogP contribution >= 0.6 is 0 Å². The fraction of sp³-hybridized carbons (Fsp3) is 0.364. The third-order valence-corrected chi connectivity index (χ3v) is 5.61. The largest absolute Gasteiger partial charge is 0.435 e. The molecule has 4 aromatic heterocycles. The van der Waals surface area contributed by atoms with E-state index in [1.807, 2.05) is 20.8 Å². The number of hydrogen-bond donors (Lipinski definition) is 1. The molecule has 0 saturated heterocycles. The summed E-state index contributed by atoms with van der Waals surface area (Å²) in [7, 11) is 0. The lowest BCUT2D eigenvalue weighted by atomic mass is 9.97. The van der Waals surface area contributed by atoms with Crippen molar-refractivity contribution in [3.05, 3.63) is 71.2 Å². The molecule has 1 atom stereocenters. The van der Waals surface area contributed by atoms with E-state index >= 15 is 0 Å². The molecular formula is C22H22F2N6O2. The Morgan fingerprint density at radius 1 is 1.31 bits per heavy atom. The number of nitrogens with zero attached hydrogens (tertiary/aromatic N) is 5. The molecule has 8 nitrogen and oxygen atoms in total. The van der Waals surface area contributed by atoms with E-state index in [1.165, 1.54) is 22.8 Å². The molecule has 0 radical (unpaired) electrons. The van der Waals surface area contributed by atoms with Gasteiger partial charge in [0.05, 0.1) is 29.4 Å². The summed E-state index contributed by atoms with van der Waals surface area (Å²) in [4.78, 5) is 26.8. The highest BCUT2D eigenvalue weighted by Crippen LogP contribution is 2.36. The van der Waals surface area contributed by atoms with Gasteiger partial charge in [-0.25, -0.2) is 23.3 Å². The zero-order chi connectivity index (χ0) is 22.6. The summed E-state index contributed by atoms with van der Waals surface area (Å²) in [5.74, 6) is 0.234. The molecule has 0 aromatic carbocycles. The summed E-state index contributed by atoms with van der Waals surface area (Å²) < 4.78 is 34.2. The maximum atomic E-state index is 13.5. The molecule has 166 valence electrons.